The molecule has 124 valence electrons. The zero-order valence-corrected chi connectivity index (χ0v) is 14.5. The van der Waals surface area contributed by atoms with Crippen LogP contribution in [0.1, 0.15) is 72.1 Å². The number of nitrogens with one attached hydrogen (secondary N) is 1. The van der Waals surface area contributed by atoms with Crippen LogP contribution in [0.5, 0.6) is 0 Å². The minimum atomic E-state index is 0.148. The smallest absolute Gasteiger partial charge is 0.0692 e. The van der Waals surface area contributed by atoms with E-state index in [4.69, 9.17) is 4.74 Å². The van der Waals surface area contributed by atoms with E-state index in [9.17, 15) is 0 Å². The molecule has 21 heavy (non-hydrogen) atoms. The van der Waals surface area contributed by atoms with Crippen LogP contribution in [-0.4, -0.2) is 48.8 Å². The summed E-state index contributed by atoms with van der Waals surface area (Å²) < 4.78 is 6.11. The molecule has 0 radical (unpaired) electrons. The summed E-state index contributed by atoms with van der Waals surface area (Å²) in [6.45, 7) is 11.6. The molecule has 2 unspecified atom stereocenters. The zero-order chi connectivity index (χ0) is 15.1. The third kappa shape index (κ3) is 4.94. The van der Waals surface area contributed by atoms with Crippen LogP contribution in [-0.2, 0) is 4.74 Å². The Kier molecular flexibility index (Phi) is 6.97. The third-order valence-electron chi connectivity index (χ3n) is 5.61. The highest BCUT2D eigenvalue weighted by Gasteiger charge is 2.35. The van der Waals surface area contributed by atoms with E-state index in [1.807, 2.05) is 0 Å². The van der Waals surface area contributed by atoms with Gasteiger partial charge in [-0.25, -0.2) is 0 Å². The monoisotopic (exact) mass is 296 g/mol. The number of hydrogen-bond acceptors (Lipinski definition) is 3. The maximum absolute atomic E-state index is 6.11. The molecule has 3 heteroatoms. The lowest BCUT2D eigenvalue weighted by molar-refractivity contribution is -0.0942. The molecule has 1 N–H and O–H groups in total. The fourth-order valence-electron chi connectivity index (χ4n) is 4.11. The van der Waals surface area contributed by atoms with Crippen molar-refractivity contribution in [1.82, 2.24) is 10.2 Å². The summed E-state index contributed by atoms with van der Waals surface area (Å²) in [7, 11) is 0. The summed E-state index contributed by atoms with van der Waals surface area (Å²) in [5.74, 6) is 0. The molecule has 0 aliphatic carbocycles. The van der Waals surface area contributed by atoms with Crippen molar-refractivity contribution in [3.8, 4) is 0 Å². The largest absolute Gasteiger partial charge is 0.375 e. The predicted octanol–water partition coefficient (Wildman–Crippen LogP) is 3.58. The molecular weight excluding hydrogens is 260 g/mol. The van der Waals surface area contributed by atoms with E-state index >= 15 is 0 Å². The van der Waals surface area contributed by atoms with Crippen molar-refractivity contribution < 1.29 is 4.74 Å². The zero-order valence-electron chi connectivity index (χ0n) is 14.5. The predicted molar refractivity (Wildman–Crippen MR) is 89.8 cm³/mol. The minimum Gasteiger partial charge on any atom is -0.375 e. The first-order chi connectivity index (χ1) is 10.2. The van der Waals surface area contributed by atoms with E-state index in [0.717, 1.165) is 25.5 Å². The first kappa shape index (κ1) is 17.2. The standard InChI is InChI=1S/C18H36N2O/c1-4-11-20-12-7-8-16(9-13-20)19-17-10-14-21-18(5-2,6-3)15-17/h16-17,19H,4-15H2,1-3H3. The van der Waals surface area contributed by atoms with Crippen molar-refractivity contribution in [2.24, 2.45) is 0 Å². The number of nitrogens with zero attached hydrogens (tertiary/aromatic N) is 1. The number of hydrogen-bond donors (Lipinski definition) is 1. The van der Waals surface area contributed by atoms with Gasteiger partial charge in [0, 0.05) is 18.7 Å². The lowest BCUT2D eigenvalue weighted by Crippen LogP contribution is -2.49. The van der Waals surface area contributed by atoms with Crippen LogP contribution in [0.2, 0.25) is 0 Å². The first-order valence-electron chi connectivity index (χ1n) is 9.33. The Balaban J connectivity index is 1.81. The van der Waals surface area contributed by atoms with E-state index in [2.05, 4.69) is 31.0 Å². The Labute approximate surface area is 131 Å². The molecule has 0 bridgehead atoms. The highest BCUT2D eigenvalue weighted by Crippen LogP contribution is 2.32. The van der Waals surface area contributed by atoms with Gasteiger partial charge in [-0.2, -0.15) is 0 Å². The molecule has 0 saturated carbocycles. The Morgan fingerprint density at radius 3 is 2.57 bits per heavy atom. The van der Waals surface area contributed by atoms with Gasteiger partial charge in [0.2, 0.25) is 0 Å². The quantitative estimate of drug-likeness (QED) is 0.811. The summed E-state index contributed by atoms with van der Waals surface area (Å²) in [4.78, 5) is 2.65. The van der Waals surface area contributed by atoms with Crippen LogP contribution in [0.3, 0.4) is 0 Å². The molecule has 2 fully saturated rings. The second kappa shape index (κ2) is 8.50. The van der Waals surface area contributed by atoms with Crippen LogP contribution in [0.25, 0.3) is 0 Å². The van der Waals surface area contributed by atoms with Crippen molar-refractivity contribution in [2.75, 3.05) is 26.2 Å². The molecule has 3 nitrogen and oxygen atoms in total. The third-order valence-corrected chi connectivity index (χ3v) is 5.61. The van der Waals surface area contributed by atoms with E-state index in [1.54, 1.807) is 0 Å². The maximum Gasteiger partial charge on any atom is 0.0692 e. The summed E-state index contributed by atoms with van der Waals surface area (Å²) >= 11 is 0. The molecule has 2 saturated heterocycles. The fourth-order valence-corrected chi connectivity index (χ4v) is 4.11. The Morgan fingerprint density at radius 1 is 1.05 bits per heavy atom. The lowest BCUT2D eigenvalue weighted by Gasteiger charge is -2.41. The van der Waals surface area contributed by atoms with Crippen molar-refractivity contribution in [2.45, 2.75) is 89.8 Å². The molecule has 2 rings (SSSR count). The second-order valence-electron chi connectivity index (χ2n) is 7.06. The maximum atomic E-state index is 6.11. The van der Waals surface area contributed by atoms with E-state index in [0.29, 0.717) is 6.04 Å². The van der Waals surface area contributed by atoms with E-state index in [-0.39, 0.29) is 5.60 Å². The molecule has 2 aliphatic heterocycles. The van der Waals surface area contributed by atoms with Gasteiger partial charge in [0.25, 0.3) is 0 Å². The highest BCUT2D eigenvalue weighted by atomic mass is 16.5. The van der Waals surface area contributed by atoms with Crippen LogP contribution in [0, 0.1) is 0 Å². The van der Waals surface area contributed by atoms with Gasteiger partial charge in [-0.05, 0) is 71.0 Å². The van der Waals surface area contributed by atoms with E-state index < -0.39 is 0 Å². The topological polar surface area (TPSA) is 24.5 Å². The summed E-state index contributed by atoms with van der Waals surface area (Å²) in [6, 6.07) is 1.39. The highest BCUT2D eigenvalue weighted by molar-refractivity contribution is 4.90. The molecule has 0 aromatic heterocycles. The van der Waals surface area contributed by atoms with Crippen LogP contribution in [0.15, 0.2) is 0 Å². The summed E-state index contributed by atoms with van der Waals surface area (Å²) in [6.07, 6.45) is 10.0. The number of likely N-dealkylation sites (tertiary alicyclic amines) is 1. The molecule has 0 spiro atoms. The average molecular weight is 296 g/mol. The second-order valence-corrected chi connectivity index (χ2v) is 7.06. The lowest BCUT2D eigenvalue weighted by atomic mass is 9.85. The van der Waals surface area contributed by atoms with Crippen molar-refractivity contribution in [1.29, 1.82) is 0 Å². The summed E-state index contributed by atoms with van der Waals surface area (Å²) in [5, 5.41) is 3.98. The summed E-state index contributed by atoms with van der Waals surface area (Å²) in [5.41, 5.74) is 0.148. The fraction of sp³-hybridized carbons (Fsp3) is 1.00. The normalized spacial score (nSPS) is 31.0. The number of rotatable bonds is 6. The molecule has 2 atom stereocenters. The molecule has 0 aromatic carbocycles. The van der Waals surface area contributed by atoms with Crippen LogP contribution >= 0.6 is 0 Å². The van der Waals surface area contributed by atoms with Gasteiger partial charge in [-0.1, -0.05) is 20.8 Å². The van der Waals surface area contributed by atoms with Gasteiger partial charge in [-0.3, -0.25) is 0 Å². The van der Waals surface area contributed by atoms with Crippen molar-refractivity contribution in [3.63, 3.8) is 0 Å². The van der Waals surface area contributed by atoms with E-state index in [1.165, 1.54) is 58.2 Å². The molecular formula is C18H36N2O. The Hall–Kier alpha value is -0.120. The molecule has 0 aromatic rings. The SMILES string of the molecule is CCCN1CCCC(NC2CCOC(CC)(CC)C2)CC1. The molecule has 2 aliphatic rings. The van der Waals surface area contributed by atoms with Crippen molar-refractivity contribution in [3.05, 3.63) is 0 Å². The van der Waals surface area contributed by atoms with Crippen molar-refractivity contribution >= 4 is 0 Å². The molecule has 0 amide bonds. The Morgan fingerprint density at radius 2 is 1.86 bits per heavy atom. The van der Waals surface area contributed by atoms with Crippen LogP contribution < -0.4 is 5.32 Å². The van der Waals surface area contributed by atoms with Gasteiger partial charge in [0.05, 0.1) is 5.60 Å². The number of ether oxygens (including phenoxy) is 1. The van der Waals surface area contributed by atoms with Gasteiger partial charge in [0.1, 0.15) is 0 Å². The van der Waals surface area contributed by atoms with Gasteiger partial charge in [0.15, 0.2) is 0 Å². The average Bonchev–Trinajstić information content (AvgIpc) is 2.73. The molecule has 2 heterocycles. The first-order valence-corrected chi connectivity index (χ1v) is 9.33. The van der Waals surface area contributed by atoms with Gasteiger partial charge < -0.3 is 15.0 Å². The minimum absolute atomic E-state index is 0.148. The van der Waals surface area contributed by atoms with Gasteiger partial charge in [-0.15, -0.1) is 0 Å². The van der Waals surface area contributed by atoms with Gasteiger partial charge >= 0.3 is 0 Å². The Bertz CT molecular complexity index is 291. The van der Waals surface area contributed by atoms with Crippen LogP contribution in [0.4, 0.5) is 0 Å².